The normalized spacial score (nSPS) is 14.2. The van der Waals surface area contributed by atoms with Crippen molar-refractivity contribution in [3.8, 4) is 11.6 Å². The Morgan fingerprint density at radius 1 is 1.00 bits per heavy atom. The third-order valence-electron chi connectivity index (χ3n) is 5.34. The third-order valence-corrected chi connectivity index (χ3v) is 5.34. The van der Waals surface area contributed by atoms with E-state index < -0.39 is 0 Å². The highest BCUT2D eigenvalue weighted by atomic mass is 16.5. The van der Waals surface area contributed by atoms with Crippen molar-refractivity contribution in [1.82, 2.24) is 19.7 Å². The van der Waals surface area contributed by atoms with Crippen molar-refractivity contribution in [2.75, 3.05) is 38.2 Å². The molecule has 150 valence electrons. The van der Waals surface area contributed by atoms with Crippen LogP contribution in [-0.4, -0.2) is 58.9 Å². The fraction of sp³-hybridized carbons (Fsp3) is 0.318. The number of benzene rings is 1. The minimum atomic E-state index is 0.0136. The predicted octanol–water partition coefficient (Wildman–Crippen LogP) is 2.86. The molecule has 3 heterocycles. The largest absolute Gasteiger partial charge is 0.496 e. The van der Waals surface area contributed by atoms with E-state index in [2.05, 4.69) is 16.8 Å². The van der Waals surface area contributed by atoms with Crippen molar-refractivity contribution in [2.45, 2.75) is 13.8 Å². The van der Waals surface area contributed by atoms with Gasteiger partial charge in [0.2, 0.25) is 0 Å². The molecule has 3 aromatic rings. The van der Waals surface area contributed by atoms with Gasteiger partial charge in [-0.25, -0.2) is 9.67 Å². The van der Waals surface area contributed by atoms with Gasteiger partial charge in [-0.1, -0.05) is 18.2 Å². The Morgan fingerprint density at radius 2 is 1.72 bits per heavy atom. The zero-order valence-corrected chi connectivity index (χ0v) is 17.0. The Kier molecular flexibility index (Phi) is 5.20. The first kappa shape index (κ1) is 19.0. The Labute approximate surface area is 170 Å². The molecular formula is C22H25N5O2. The van der Waals surface area contributed by atoms with Gasteiger partial charge in [0.1, 0.15) is 5.75 Å². The zero-order chi connectivity index (χ0) is 20.4. The number of anilines is 1. The molecule has 1 saturated heterocycles. The second-order valence-electron chi connectivity index (χ2n) is 7.10. The van der Waals surface area contributed by atoms with Crippen LogP contribution in [0.1, 0.15) is 21.7 Å². The molecule has 29 heavy (non-hydrogen) atoms. The smallest absolute Gasteiger partial charge is 0.257 e. The van der Waals surface area contributed by atoms with Crippen LogP contribution in [0.15, 0.2) is 48.7 Å². The van der Waals surface area contributed by atoms with Crippen molar-refractivity contribution in [1.29, 1.82) is 0 Å². The number of rotatable bonds is 4. The van der Waals surface area contributed by atoms with Gasteiger partial charge in [0, 0.05) is 32.4 Å². The van der Waals surface area contributed by atoms with E-state index >= 15 is 0 Å². The van der Waals surface area contributed by atoms with Crippen LogP contribution >= 0.6 is 0 Å². The summed E-state index contributed by atoms with van der Waals surface area (Å²) >= 11 is 0. The highest BCUT2D eigenvalue weighted by Crippen LogP contribution is 2.28. The monoisotopic (exact) mass is 391 g/mol. The maximum atomic E-state index is 12.9. The first-order valence-electron chi connectivity index (χ1n) is 9.75. The summed E-state index contributed by atoms with van der Waals surface area (Å²) in [6, 6.07) is 13.2. The Morgan fingerprint density at radius 3 is 2.41 bits per heavy atom. The van der Waals surface area contributed by atoms with Crippen LogP contribution in [0.5, 0.6) is 5.75 Å². The fourth-order valence-corrected chi connectivity index (χ4v) is 3.92. The van der Waals surface area contributed by atoms with Crippen molar-refractivity contribution >= 4 is 11.6 Å². The molecule has 7 nitrogen and oxygen atoms in total. The van der Waals surface area contributed by atoms with Gasteiger partial charge in [0.05, 0.1) is 29.7 Å². The van der Waals surface area contributed by atoms with Crippen molar-refractivity contribution in [3.63, 3.8) is 0 Å². The summed E-state index contributed by atoms with van der Waals surface area (Å²) in [5, 5.41) is 4.70. The van der Waals surface area contributed by atoms with Gasteiger partial charge >= 0.3 is 0 Å². The van der Waals surface area contributed by atoms with E-state index in [-0.39, 0.29) is 5.91 Å². The average Bonchev–Trinajstić information content (AvgIpc) is 3.08. The molecule has 0 radical (unpaired) electrons. The number of aryl methyl sites for hydroxylation is 1. The Hall–Kier alpha value is -3.35. The molecule has 1 aromatic carbocycles. The number of carbonyl (C=O) groups excluding carboxylic acids is 1. The number of nitrogens with zero attached hydrogens (tertiary/aromatic N) is 5. The molecule has 7 heteroatoms. The quantitative estimate of drug-likeness (QED) is 0.684. The number of amides is 1. The van der Waals surface area contributed by atoms with E-state index in [1.807, 2.05) is 59.0 Å². The van der Waals surface area contributed by atoms with Crippen LogP contribution in [0.25, 0.3) is 5.82 Å². The molecule has 0 bridgehead atoms. The van der Waals surface area contributed by atoms with Gasteiger partial charge in [-0.15, -0.1) is 0 Å². The van der Waals surface area contributed by atoms with E-state index in [0.717, 1.165) is 36.0 Å². The maximum Gasteiger partial charge on any atom is 0.257 e. The van der Waals surface area contributed by atoms with Gasteiger partial charge < -0.3 is 14.5 Å². The fourth-order valence-electron chi connectivity index (χ4n) is 3.92. The first-order valence-corrected chi connectivity index (χ1v) is 9.75. The summed E-state index contributed by atoms with van der Waals surface area (Å²) < 4.78 is 7.24. The van der Waals surface area contributed by atoms with Gasteiger partial charge in [-0.3, -0.25) is 4.79 Å². The summed E-state index contributed by atoms with van der Waals surface area (Å²) in [6.07, 6.45) is 1.77. The lowest BCUT2D eigenvalue weighted by Gasteiger charge is -2.36. The molecule has 0 N–H and O–H groups in total. The highest BCUT2D eigenvalue weighted by molar-refractivity contribution is 5.97. The molecular weight excluding hydrogens is 366 g/mol. The van der Waals surface area contributed by atoms with E-state index in [0.29, 0.717) is 24.4 Å². The van der Waals surface area contributed by atoms with E-state index in [1.165, 1.54) is 0 Å². The number of hydrogen-bond acceptors (Lipinski definition) is 5. The highest BCUT2D eigenvalue weighted by Gasteiger charge is 2.27. The summed E-state index contributed by atoms with van der Waals surface area (Å²) in [6.45, 7) is 6.92. The summed E-state index contributed by atoms with van der Waals surface area (Å²) in [5.41, 5.74) is 3.77. The number of methoxy groups -OCH3 is 1. The number of pyridine rings is 1. The number of piperazine rings is 1. The minimum absolute atomic E-state index is 0.0136. The van der Waals surface area contributed by atoms with Crippen LogP contribution in [-0.2, 0) is 0 Å². The second-order valence-corrected chi connectivity index (χ2v) is 7.10. The SMILES string of the molecule is COc1ccccc1C(=O)N1CCN(c2c(C)nn(-c3ccccn3)c2C)CC1. The van der Waals surface area contributed by atoms with E-state index in [1.54, 1.807) is 13.3 Å². The summed E-state index contributed by atoms with van der Waals surface area (Å²) in [7, 11) is 1.59. The Balaban J connectivity index is 1.51. The number of carbonyl (C=O) groups is 1. The van der Waals surface area contributed by atoms with Crippen molar-refractivity contribution in [2.24, 2.45) is 0 Å². The molecule has 0 unspecified atom stereocenters. The lowest BCUT2D eigenvalue weighted by molar-refractivity contribution is 0.0743. The standard InChI is InChI=1S/C22H25N5O2/c1-16-21(17(2)27(24-16)20-10-6-7-11-23-20)25-12-14-26(15-13-25)22(28)18-8-4-5-9-19(18)29-3/h4-11H,12-15H2,1-3H3. The van der Waals surface area contributed by atoms with E-state index in [9.17, 15) is 4.79 Å². The molecule has 0 spiro atoms. The molecule has 1 amide bonds. The maximum absolute atomic E-state index is 12.9. The molecule has 0 aliphatic carbocycles. The molecule has 4 rings (SSSR count). The van der Waals surface area contributed by atoms with Crippen LogP contribution in [0.4, 0.5) is 5.69 Å². The number of hydrogen-bond donors (Lipinski definition) is 0. The van der Waals surface area contributed by atoms with Gasteiger partial charge in [0.15, 0.2) is 5.82 Å². The van der Waals surface area contributed by atoms with E-state index in [4.69, 9.17) is 9.84 Å². The van der Waals surface area contributed by atoms with Gasteiger partial charge in [-0.05, 0) is 38.1 Å². The van der Waals surface area contributed by atoms with Crippen LogP contribution < -0.4 is 9.64 Å². The number of ether oxygens (including phenoxy) is 1. The lowest BCUT2D eigenvalue weighted by atomic mass is 10.1. The van der Waals surface area contributed by atoms with Crippen LogP contribution in [0, 0.1) is 13.8 Å². The first-order chi connectivity index (χ1) is 14.1. The predicted molar refractivity (Wildman–Crippen MR) is 112 cm³/mol. The number of para-hydroxylation sites is 1. The Bertz CT molecular complexity index is 1010. The van der Waals surface area contributed by atoms with Gasteiger partial charge in [-0.2, -0.15) is 5.10 Å². The molecule has 1 aliphatic rings. The average molecular weight is 391 g/mol. The van der Waals surface area contributed by atoms with Crippen molar-refractivity contribution in [3.05, 3.63) is 65.6 Å². The second kappa shape index (κ2) is 7.95. The molecule has 1 fully saturated rings. The lowest BCUT2D eigenvalue weighted by Crippen LogP contribution is -2.49. The zero-order valence-electron chi connectivity index (χ0n) is 17.0. The van der Waals surface area contributed by atoms with Crippen LogP contribution in [0.3, 0.4) is 0 Å². The summed E-state index contributed by atoms with van der Waals surface area (Å²) in [5.74, 6) is 1.44. The topological polar surface area (TPSA) is 63.5 Å². The molecule has 2 aromatic heterocycles. The number of aromatic nitrogens is 3. The summed E-state index contributed by atoms with van der Waals surface area (Å²) in [4.78, 5) is 21.6. The van der Waals surface area contributed by atoms with Gasteiger partial charge in [0.25, 0.3) is 5.91 Å². The third kappa shape index (κ3) is 3.55. The molecule has 0 atom stereocenters. The molecule has 0 saturated carbocycles. The van der Waals surface area contributed by atoms with Crippen LogP contribution in [0.2, 0.25) is 0 Å². The van der Waals surface area contributed by atoms with Crippen molar-refractivity contribution < 1.29 is 9.53 Å². The molecule has 1 aliphatic heterocycles. The minimum Gasteiger partial charge on any atom is -0.496 e.